The molecule has 2 rings (SSSR count). The Labute approximate surface area is 127 Å². The number of aliphatic hydroxyl groups is 1. The summed E-state index contributed by atoms with van der Waals surface area (Å²) in [5, 5.41) is 12.2. The van der Waals surface area contributed by atoms with E-state index in [0.29, 0.717) is 6.54 Å². The Bertz CT molecular complexity index is 545. The Morgan fingerprint density at radius 1 is 1.20 bits per heavy atom. The summed E-state index contributed by atoms with van der Waals surface area (Å²) in [4.78, 5) is 0. The summed E-state index contributed by atoms with van der Waals surface area (Å²) < 4.78 is 6.37. The molecule has 0 radical (unpaired) electrons. The first-order valence-corrected chi connectivity index (χ1v) is 7.37. The number of rotatable bonds is 6. The van der Waals surface area contributed by atoms with Crippen molar-refractivity contribution in [1.29, 1.82) is 0 Å². The van der Waals surface area contributed by atoms with E-state index >= 15 is 0 Å². The molecule has 0 amide bonds. The number of hydrogen-bond acceptors (Lipinski definition) is 2. The van der Waals surface area contributed by atoms with Gasteiger partial charge in [-0.1, -0.05) is 46.3 Å². The second-order valence-corrected chi connectivity index (χ2v) is 5.53. The van der Waals surface area contributed by atoms with Crippen molar-refractivity contribution in [2.45, 2.75) is 12.6 Å². The van der Waals surface area contributed by atoms with Gasteiger partial charge in [0.25, 0.3) is 0 Å². The number of benzene rings is 2. The highest BCUT2D eigenvalue weighted by atomic mass is 79.9. The molecular formula is C16H19BrNO2+. The van der Waals surface area contributed by atoms with Gasteiger partial charge in [-0.05, 0) is 23.8 Å². The minimum Gasteiger partial charge on any atom is -0.496 e. The molecule has 0 fully saturated rings. The number of aliphatic hydroxyl groups excluding tert-OH is 1. The molecule has 0 bridgehead atoms. The number of ether oxygens (including phenoxy) is 1. The second kappa shape index (κ2) is 7.43. The van der Waals surface area contributed by atoms with Crippen LogP contribution in [0.5, 0.6) is 5.75 Å². The van der Waals surface area contributed by atoms with E-state index in [2.05, 4.69) is 21.2 Å². The summed E-state index contributed by atoms with van der Waals surface area (Å²) in [5.41, 5.74) is 2.06. The monoisotopic (exact) mass is 336 g/mol. The third-order valence-corrected chi connectivity index (χ3v) is 3.67. The maximum atomic E-state index is 10.1. The first-order valence-electron chi connectivity index (χ1n) is 6.58. The minimum absolute atomic E-state index is 0.450. The molecule has 0 heterocycles. The smallest absolute Gasteiger partial charge is 0.128 e. The number of nitrogens with two attached hydrogens (primary N) is 1. The molecule has 0 saturated carbocycles. The lowest BCUT2D eigenvalue weighted by Gasteiger charge is -2.11. The van der Waals surface area contributed by atoms with E-state index in [-0.39, 0.29) is 0 Å². The van der Waals surface area contributed by atoms with E-state index in [1.807, 2.05) is 48.5 Å². The fraction of sp³-hybridized carbons (Fsp3) is 0.250. The number of halogens is 1. The van der Waals surface area contributed by atoms with E-state index in [1.165, 1.54) is 0 Å². The summed E-state index contributed by atoms with van der Waals surface area (Å²) in [6.45, 7) is 1.40. The average molecular weight is 337 g/mol. The van der Waals surface area contributed by atoms with Gasteiger partial charge in [0.2, 0.25) is 0 Å². The molecule has 2 aromatic rings. The standard InChI is InChI=1S/C16H18BrNO2/c1-20-16-8-7-14(17)9-13(16)10-18-11-15(19)12-5-3-2-4-6-12/h2-9,15,18-19H,10-11H2,1H3/p+1/t15-/m0/s1. The van der Waals surface area contributed by atoms with Crippen LogP contribution in [0.1, 0.15) is 17.2 Å². The van der Waals surface area contributed by atoms with E-state index < -0.39 is 6.10 Å². The lowest BCUT2D eigenvalue weighted by atomic mass is 10.1. The molecule has 3 nitrogen and oxygen atoms in total. The van der Waals surface area contributed by atoms with Gasteiger partial charge >= 0.3 is 0 Å². The van der Waals surface area contributed by atoms with Crippen molar-refractivity contribution < 1.29 is 15.2 Å². The molecule has 106 valence electrons. The highest BCUT2D eigenvalue weighted by molar-refractivity contribution is 9.10. The molecule has 2 aromatic carbocycles. The molecule has 3 N–H and O–H groups in total. The molecule has 0 aliphatic carbocycles. The molecular weight excluding hydrogens is 318 g/mol. The molecule has 0 unspecified atom stereocenters. The van der Waals surface area contributed by atoms with Gasteiger partial charge in [0.1, 0.15) is 24.9 Å². The Hall–Kier alpha value is -1.36. The third-order valence-electron chi connectivity index (χ3n) is 3.18. The van der Waals surface area contributed by atoms with E-state index in [4.69, 9.17) is 4.74 Å². The molecule has 0 spiro atoms. The molecule has 0 aliphatic heterocycles. The molecule has 0 aromatic heterocycles. The van der Waals surface area contributed by atoms with Crippen LogP contribution in [0.3, 0.4) is 0 Å². The van der Waals surface area contributed by atoms with Crippen LogP contribution < -0.4 is 10.1 Å². The first kappa shape index (κ1) is 15.0. The molecule has 0 aliphatic rings. The largest absolute Gasteiger partial charge is 0.496 e. The van der Waals surface area contributed by atoms with Crippen LogP contribution >= 0.6 is 15.9 Å². The van der Waals surface area contributed by atoms with Crippen molar-refractivity contribution in [3.63, 3.8) is 0 Å². The zero-order valence-corrected chi connectivity index (χ0v) is 13.0. The lowest BCUT2D eigenvalue weighted by molar-refractivity contribution is -0.677. The first-order chi connectivity index (χ1) is 9.70. The number of quaternary nitrogens is 1. The van der Waals surface area contributed by atoms with Gasteiger partial charge in [-0.3, -0.25) is 0 Å². The van der Waals surface area contributed by atoms with Crippen LogP contribution in [0, 0.1) is 0 Å². The Morgan fingerprint density at radius 2 is 1.95 bits per heavy atom. The fourth-order valence-electron chi connectivity index (χ4n) is 2.11. The van der Waals surface area contributed by atoms with E-state index in [9.17, 15) is 5.11 Å². The zero-order valence-electron chi connectivity index (χ0n) is 11.4. The van der Waals surface area contributed by atoms with Crippen molar-refractivity contribution >= 4 is 15.9 Å². The van der Waals surface area contributed by atoms with Crippen LogP contribution in [0.2, 0.25) is 0 Å². The van der Waals surface area contributed by atoms with Crippen LogP contribution in [0.4, 0.5) is 0 Å². The summed E-state index contributed by atoms with van der Waals surface area (Å²) >= 11 is 3.46. The van der Waals surface area contributed by atoms with Crippen LogP contribution in [-0.4, -0.2) is 18.8 Å². The van der Waals surface area contributed by atoms with Gasteiger partial charge in [0.05, 0.1) is 7.11 Å². The van der Waals surface area contributed by atoms with Crippen molar-refractivity contribution in [1.82, 2.24) is 0 Å². The van der Waals surface area contributed by atoms with Crippen molar-refractivity contribution in [2.24, 2.45) is 0 Å². The second-order valence-electron chi connectivity index (χ2n) is 4.61. The summed E-state index contributed by atoms with van der Waals surface area (Å²) in [6.07, 6.45) is -0.450. The highest BCUT2D eigenvalue weighted by Gasteiger charge is 2.10. The Morgan fingerprint density at radius 3 is 2.65 bits per heavy atom. The third kappa shape index (κ3) is 4.07. The topological polar surface area (TPSA) is 46.1 Å². The van der Waals surface area contributed by atoms with Crippen LogP contribution in [-0.2, 0) is 6.54 Å². The predicted molar refractivity (Wildman–Crippen MR) is 82.6 cm³/mol. The SMILES string of the molecule is COc1ccc(Br)cc1C[NH2+]C[C@H](O)c1ccccc1. The predicted octanol–water partition coefficient (Wildman–Crippen LogP) is 2.25. The fourth-order valence-corrected chi connectivity index (χ4v) is 2.52. The Kier molecular flexibility index (Phi) is 5.59. The minimum atomic E-state index is -0.450. The Balaban J connectivity index is 1.91. The molecule has 0 saturated heterocycles. The maximum Gasteiger partial charge on any atom is 0.128 e. The van der Waals surface area contributed by atoms with E-state index in [0.717, 1.165) is 27.9 Å². The van der Waals surface area contributed by atoms with Gasteiger partial charge in [0, 0.05) is 10.0 Å². The van der Waals surface area contributed by atoms with Gasteiger partial charge in [-0.2, -0.15) is 0 Å². The quantitative estimate of drug-likeness (QED) is 0.849. The van der Waals surface area contributed by atoms with Crippen molar-refractivity contribution in [2.75, 3.05) is 13.7 Å². The van der Waals surface area contributed by atoms with Gasteiger partial charge in [0.15, 0.2) is 0 Å². The van der Waals surface area contributed by atoms with Gasteiger partial charge in [-0.25, -0.2) is 0 Å². The lowest BCUT2D eigenvalue weighted by Crippen LogP contribution is -2.83. The van der Waals surface area contributed by atoms with Crippen molar-refractivity contribution in [3.05, 3.63) is 64.1 Å². The summed E-state index contributed by atoms with van der Waals surface area (Å²) in [5.74, 6) is 0.874. The molecule has 20 heavy (non-hydrogen) atoms. The zero-order chi connectivity index (χ0) is 14.4. The molecule has 4 heteroatoms. The summed E-state index contributed by atoms with van der Waals surface area (Å²) in [7, 11) is 1.67. The molecule has 1 atom stereocenters. The van der Waals surface area contributed by atoms with E-state index in [1.54, 1.807) is 7.11 Å². The van der Waals surface area contributed by atoms with Gasteiger partial charge < -0.3 is 15.2 Å². The highest BCUT2D eigenvalue weighted by Crippen LogP contribution is 2.22. The van der Waals surface area contributed by atoms with Crippen LogP contribution in [0.25, 0.3) is 0 Å². The number of hydrogen-bond donors (Lipinski definition) is 2. The maximum absolute atomic E-state index is 10.1. The summed E-state index contributed by atoms with van der Waals surface area (Å²) in [6, 6.07) is 15.7. The normalized spacial score (nSPS) is 12.2. The average Bonchev–Trinajstić information content (AvgIpc) is 2.48. The van der Waals surface area contributed by atoms with Crippen LogP contribution in [0.15, 0.2) is 53.0 Å². The van der Waals surface area contributed by atoms with Gasteiger partial charge in [-0.15, -0.1) is 0 Å². The number of methoxy groups -OCH3 is 1. The van der Waals surface area contributed by atoms with Crippen molar-refractivity contribution in [3.8, 4) is 5.75 Å².